The number of carboxylic acids is 1. The highest BCUT2D eigenvalue weighted by molar-refractivity contribution is 5.67. The summed E-state index contributed by atoms with van der Waals surface area (Å²) in [5.41, 5.74) is 5.54. The van der Waals surface area contributed by atoms with Gasteiger partial charge in [-0.25, -0.2) is 0 Å². The summed E-state index contributed by atoms with van der Waals surface area (Å²) in [5, 5.41) is 8.38. The van der Waals surface area contributed by atoms with Gasteiger partial charge in [0.05, 0.1) is 19.6 Å². The topological polar surface area (TPSA) is 72.5 Å². The van der Waals surface area contributed by atoms with Crippen molar-refractivity contribution in [3.05, 3.63) is 0 Å². The van der Waals surface area contributed by atoms with E-state index in [1.54, 1.807) is 0 Å². The number of carbonyl (C=O) groups is 1. The van der Waals surface area contributed by atoms with E-state index in [9.17, 15) is 4.79 Å². The third kappa shape index (κ3) is 1.68. The van der Waals surface area contributed by atoms with Gasteiger partial charge in [-0.1, -0.05) is 0 Å². The molecule has 1 aliphatic heterocycles. The monoisotopic (exact) mass is 145 g/mol. The highest BCUT2D eigenvalue weighted by Crippen LogP contribution is 2.14. The quantitative estimate of drug-likeness (QED) is 0.546. The number of ether oxygens (including phenoxy) is 1. The summed E-state index contributed by atoms with van der Waals surface area (Å²) < 4.78 is 4.98. The van der Waals surface area contributed by atoms with Crippen molar-refractivity contribution in [2.24, 2.45) is 11.7 Å². The van der Waals surface area contributed by atoms with Crippen LogP contribution < -0.4 is 5.73 Å². The Morgan fingerprint density at radius 1 is 1.70 bits per heavy atom. The van der Waals surface area contributed by atoms with Crippen LogP contribution in [0.5, 0.6) is 0 Å². The Kier molecular flexibility index (Phi) is 2.24. The fourth-order valence-electron chi connectivity index (χ4n) is 1.05. The zero-order valence-corrected chi connectivity index (χ0v) is 5.62. The van der Waals surface area contributed by atoms with Crippen LogP contribution in [0.15, 0.2) is 0 Å². The van der Waals surface area contributed by atoms with Crippen LogP contribution in [-0.4, -0.2) is 30.3 Å². The van der Waals surface area contributed by atoms with Gasteiger partial charge in [0.25, 0.3) is 0 Å². The van der Waals surface area contributed by atoms with Crippen molar-refractivity contribution in [3.63, 3.8) is 0 Å². The van der Waals surface area contributed by atoms with Gasteiger partial charge >= 0.3 is 5.97 Å². The predicted octanol–water partition coefficient (Wildman–Crippen LogP) is -0.565. The second-order valence-electron chi connectivity index (χ2n) is 2.56. The number of carboxylic acid groups (broad SMARTS) is 1. The van der Waals surface area contributed by atoms with Crippen molar-refractivity contribution < 1.29 is 14.6 Å². The first-order chi connectivity index (χ1) is 4.70. The highest BCUT2D eigenvalue weighted by Gasteiger charge is 2.26. The summed E-state index contributed by atoms with van der Waals surface area (Å²) in [6.07, 6.45) is 0.126. The van der Waals surface area contributed by atoms with Gasteiger partial charge in [0.1, 0.15) is 0 Å². The maximum absolute atomic E-state index is 10.2. The average Bonchev–Trinajstić information content (AvgIpc) is 2.15. The Hall–Kier alpha value is -0.610. The van der Waals surface area contributed by atoms with Crippen molar-refractivity contribution in [1.29, 1.82) is 0 Å². The van der Waals surface area contributed by atoms with Crippen LogP contribution in [0, 0.1) is 5.92 Å². The summed E-state index contributed by atoms with van der Waals surface area (Å²) >= 11 is 0. The average molecular weight is 145 g/mol. The number of nitrogens with two attached hydrogens (primary N) is 1. The van der Waals surface area contributed by atoms with Crippen molar-refractivity contribution in [2.45, 2.75) is 12.5 Å². The molecule has 4 heteroatoms. The molecule has 0 aliphatic carbocycles. The Morgan fingerprint density at radius 2 is 2.40 bits per heavy atom. The molecule has 0 spiro atoms. The summed E-state index contributed by atoms with van der Waals surface area (Å²) in [6, 6.07) is -0.0869. The van der Waals surface area contributed by atoms with Gasteiger partial charge in [0.2, 0.25) is 0 Å². The molecule has 0 aromatic rings. The lowest BCUT2D eigenvalue weighted by Crippen LogP contribution is -2.29. The standard InChI is InChI=1S/C6H11NO3/c7-5-3-10-2-4(5)1-6(8)9/h4-5H,1-3,7H2,(H,8,9)/t4-,5+/m0/s1. The molecule has 58 valence electrons. The van der Waals surface area contributed by atoms with E-state index in [-0.39, 0.29) is 18.4 Å². The fraction of sp³-hybridized carbons (Fsp3) is 0.833. The number of hydrogen-bond donors (Lipinski definition) is 2. The van der Waals surface area contributed by atoms with Crippen LogP contribution in [0.4, 0.5) is 0 Å². The highest BCUT2D eigenvalue weighted by atomic mass is 16.5. The smallest absolute Gasteiger partial charge is 0.303 e. The molecular weight excluding hydrogens is 134 g/mol. The SMILES string of the molecule is N[C@@H]1COC[C@@H]1CC(=O)O. The molecule has 0 saturated carbocycles. The Bertz CT molecular complexity index is 137. The van der Waals surface area contributed by atoms with Gasteiger partial charge < -0.3 is 15.6 Å². The molecule has 1 saturated heterocycles. The molecule has 1 aliphatic rings. The van der Waals surface area contributed by atoms with Gasteiger partial charge in [0.15, 0.2) is 0 Å². The molecule has 0 aromatic carbocycles. The normalized spacial score (nSPS) is 32.5. The molecular formula is C6H11NO3. The van der Waals surface area contributed by atoms with Gasteiger partial charge in [-0.3, -0.25) is 4.79 Å². The van der Waals surface area contributed by atoms with Gasteiger partial charge in [-0.2, -0.15) is 0 Å². The van der Waals surface area contributed by atoms with Crippen LogP contribution in [0.2, 0.25) is 0 Å². The van der Waals surface area contributed by atoms with Crippen molar-refractivity contribution in [1.82, 2.24) is 0 Å². The summed E-state index contributed by atoms with van der Waals surface area (Å²) in [4.78, 5) is 10.2. The Labute approximate surface area is 59.0 Å². The van der Waals surface area contributed by atoms with E-state index in [0.29, 0.717) is 13.2 Å². The molecule has 0 unspecified atom stereocenters. The lowest BCUT2D eigenvalue weighted by molar-refractivity contribution is -0.138. The number of aliphatic carboxylic acids is 1. The fourth-order valence-corrected chi connectivity index (χ4v) is 1.05. The first-order valence-corrected chi connectivity index (χ1v) is 3.25. The minimum absolute atomic E-state index is 0.0116. The van der Waals surface area contributed by atoms with Gasteiger partial charge in [0, 0.05) is 12.0 Å². The third-order valence-electron chi connectivity index (χ3n) is 1.68. The molecule has 1 fully saturated rings. The molecule has 0 amide bonds. The first kappa shape index (κ1) is 7.50. The van der Waals surface area contributed by atoms with E-state index in [4.69, 9.17) is 15.6 Å². The molecule has 2 atom stereocenters. The number of rotatable bonds is 2. The first-order valence-electron chi connectivity index (χ1n) is 3.25. The van der Waals surface area contributed by atoms with Crippen molar-refractivity contribution in [2.75, 3.05) is 13.2 Å². The maximum Gasteiger partial charge on any atom is 0.303 e. The lowest BCUT2D eigenvalue weighted by atomic mass is 10.0. The summed E-state index contributed by atoms with van der Waals surface area (Å²) in [5.74, 6) is -0.788. The van der Waals surface area contributed by atoms with Crippen LogP contribution in [0.3, 0.4) is 0 Å². The van der Waals surface area contributed by atoms with Crippen LogP contribution in [-0.2, 0) is 9.53 Å². The van der Waals surface area contributed by atoms with E-state index in [1.165, 1.54) is 0 Å². The molecule has 1 rings (SSSR count). The van der Waals surface area contributed by atoms with E-state index in [0.717, 1.165) is 0 Å². The predicted molar refractivity (Wildman–Crippen MR) is 34.5 cm³/mol. The van der Waals surface area contributed by atoms with Crippen LogP contribution >= 0.6 is 0 Å². The van der Waals surface area contributed by atoms with Crippen molar-refractivity contribution in [3.8, 4) is 0 Å². The van der Waals surface area contributed by atoms with Crippen LogP contribution in [0.25, 0.3) is 0 Å². The molecule has 4 nitrogen and oxygen atoms in total. The van der Waals surface area contributed by atoms with E-state index >= 15 is 0 Å². The lowest BCUT2D eigenvalue weighted by Gasteiger charge is -2.08. The Morgan fingerprint density at radius 3 is 2.80 bits per heavy atom. The largest absolute Gasteiger partial charge is 0.481 e. The van der Waals surface area contributed by atoms with E-state index < -0.39 is 5.97 Å². The molecule has 10 heavy (non-hydrogen) atoms. The second-order valence-corrected chi connectivity index (χ2v) is 2.56. The van der Waals surface area contributed by atoms with Crippen molar-refractivity contribution >= 4 is 5.97 Å². The summed E-state index contributed by atoms with van der Waals surface area (Å²) in [7, 11) is 0. The molecule has 3 N–H and O–H groups in total. The minimum Gasteiger partial charge on any atom is -0.481 e. The molecule has 0 bridgehead atoms. The van der Waals surface area contributed by atoms with E-state index in [1.807, 2.05) is 0 Å². The maximum atomic E-state index is 10.2. The second kappa shape index (κ2) is 2.98. The van der Waals surface area contributed by atoms with Gasteiger partial charge in [-0.15, -0.1) is 0 Å². The van der Waals surface area contributed by atoms with E-state index in [2.05, 4.69) is 0 Å². The van der Waals surface area contributed by atoms with Gasteiger partial charge in [-0.05, 0) is 0 Å². The summed E-state index contributed by atoms with van der Waals surface area (Å²) in [6.45, 7) is 0.991. The minimum atomic E-state index is -0.800. The Balaban J connectivity index is 2.33. The van der Waals surface area contributed by atoms with Crippen LogP contribution in [0.1, 0.15) is 6.42 Å². The zero-order chi connectivity index (χ0) is 7.56. The molecule has 0 radical (unpaired) electrons. The molecule has 0 aromatic heterocycles. The zero-order valence-electron chi connectivity index (χ0n) is 5.62. The third-order valence-corrected chi connectivity index (χ3v) is 1.68. The number of hydrogen-bond acceptors (Lipinski definition) is 3. The molecule has 1 heterocycles.